The summed E-state index contributed by atoms with van der Waals surface area (Å²) in [6.45, 7) is 8.59. The van der Waals surface area contributed by atoms with Crippen molar-refractivity contribution in [2.45, 2.75) is 70.7 Å². The number of nitrogens with zero attached hydrogens (tertiary/aromatic N) is 1. The summed E-state index contributed by atoms with van der Waals surface area (Å²) in [6, 6.07) is 6.37. The van der Waals surface area contributed by atoms with Crippen LogP contribution in [0.25, 0.3) is 0 Å². The quantitative estimate of drug-likeness (QED) is 0.855. The zero-order valence-corrected chi connectivity index (χ0v) is 15.4. The van der Waals surface area contributed by atoms with Crippen molar-refractivity contribution in [3.8, 4) is 0 Å². The summed E-state index contributed by atoms with van der Waals surface area (Å²) < 4.78 is 19.2. The van der Waals surface area contributed by atoms with Crippen LogP contribution >= 0.6 is 0 Å². The van der Waals surface area contributed by atoms with Crippen LogP contribution in [-0.2, 0) is 4.74 Å². The molecular weight excluding hydrogens is 321 g/mol. The number of nitrogens with one attached hydrogen (secondary N) is 2. The number of rotatable bonds is 4. The fraction of sp³-hybridized carbons (Fsp3) is 0.632. The molecule has 1 saturated heterocycles. The van der Waals surface area contributed by atoms with Gasteiger partial charge in [0.2, 0.25) is 0 Å². The summed E-state index contributed by atoms with van der Waals surface area (Å²) >= 11 is 0. The van der Waals surface area contributed by atoms with Crippen molar-refractivity contribution in [3.05, 3.63) is 24.0 Å². The second kappa shape index (κ2) is 6.83. The van der Waals surface area contributed by atoms with Crippen LogP contribution < -0.4 is 10.6 Å². The molecule has 0 bridgehead atoms. The first-order valence-electron chi connectivity index (χ1n) is 9.03. The van der Waals surface area contributed by atoms with Crippen LogP contribution in [0.15, 0.2) is 18.2 Å². The van der Waals surface area contributed by atoms with Crippen LogP contribution in [0.4, 0.5) is 20.6 Å². The second-order valence-corrected chi connectivity index (χ2v) is 8.18. The van der Waals surface area contributed by atoms with Crippen molar-refractivity contribution in [2.75, 3.05) is 17.2 Å². The Kier molecular flexibility index (Phi) is 4.91. The van der Waals surface area contributed by atoms with Gasteiger partial charge in [-0.15, -0.1) is 0 Å². The maximum Gasteiger partial charge on any atom is 0.412 e. The standard InChI is InChI=1S/C19H28FN3O2/c1-12-9-14(11-23(12)15-6-7-15)21-13-5-8-16(20)17(10-13)22-18(24)25-19(2,3)4/h5,8,10,12,14-15,21H,6-7,9,11H2,1-4H3,(H,22,24). The molecule has 2 fully saturated rings. The van der Waals surface area contributed by atoms with E-state index in [0.717, 1.165) is 24.7 Å². The van der Waals surface area contributed by atoms with Gasteiger partial charge in [0.1, 0.15) is 11.4 Å². The molecule has 1 heterocycles. The average Bonchev–Trinajstić information content (AvgIpc) is 3.25. The lowest BCUT2D eigenvalue weighted by molar-refractivity contribution is 0.0635. The Balaban J connectivity index is 1.62. The third kappa shape index (κ3) is 4.84. The smallest absolute Gasteiger partial charge is 0.412 e. The molecule has 1 aromatic rings. The number of carbonyl (C=O) groups excluding carboxylic acids is 1. The van der Waals surface area contributed by atoms with Crippen LogP contribution in [0.2, 0.25) is 0 Å². The van der Waals surface area contributed by atoms with Crippen molar-refractivity contribution < 1.29 is 13.9 Å². The van der Waals surface area contributed by atoms with Gasteiger partial charge >= 0.3 is 6.09 Å². The van der Waals surface area contributed by atoms with Gasteiger partial charge in [-0.25, -0.2) is 9.18 Å². The number of anilines is 2. The Morgan fingerprint density at radius 3 is 2.68 bits per heavy atom. The fourth-order valence-electron chi connectivity index (χ4n) is 3.44. The highest BCUT2D eigenvalue weighted by atomic mass is 19.1. The molecule has 1 aliphatic carbocycles. The van der Waals surface area contributed by atoms with Crippen molar-refractivity contribution in [3.63, 3.8) is 0 Å². The number of carbonyl (C=O) groups is 1. The van der Waals surface area contributed by atoms with E-state index in [4.69, 9.17) is 4.74 Å². The molecule has 2 aliphatic rings. The highest BCUT2D eigenvalue weighted by molar-refractivity contribution is 5.85. The monoisotopic (exact) mass is 349 g/mol. The van der Waals surface area contributed by atoms with E-state index in [1.54, 1.807) is 32.9 Å². The van der Waals surface area contributed by atoms with Gasteiger partial charge in [-0.1, -0.05) is 0 Å². The maximum absolute atomic E-state index is 14.0. The summed E-state index contributed by atoms with van der Waals surface area (Å²) in [7, 11) is 0. The number of amides is 1. The van der Waals surface area contributed by atoms with E-state index in [1.807, 2.05) is 0 Å². The van der Waals surface area contributed by atoms with E-state index >= 15 is 0 Å². The van der Waals surface area contributed by atoms with Crippen molar-refractivity contribution in [1.82, 2.24) is 4.90 Å². The lowest BCUT2D eigenvalue weighted by Gasteiger charge is -2.21. The van der Waals surface area contributed by atoms with Gasteiger partial charge in [-0.05, 0) is 65.2 Å². The normalized spacial score (nSPS) is 24.2. The lowest BCUT2D eigenvalue weighted by Crippen LogP contribution is -2.31. The summed E-state index contributed by atoms with van der Waals surface area (Å²) in [5, 5.41) is 5.96. The molecule has 0 radical (unpaired) electrons. The minimum atomic E-state index is -0.655. The predicted octanol–water partition coefficient (Wildman–Crippen LogP) is 4.21. The first-order chi connectivity index (χ1) is 11.7. The van der Waals surface area contributed by atoms with Crippen LogP contribution in [0.1, 0.15) is 47.0 Å². The van der Waals surface area contributed by atoms with Gasteiger partial charge in [-0.3, -0.25) is 10.2 Å². The molecule has 6 heteroatoms. The molecule has 1 amide bonds. The van der Waals surface area contributed by atoms with E-state index < -0.39 is 17.5 Å². The molecule has 0 aromatic heterocycles. The highest BCUT2D eigenvalue weighted by Gasteiger charge is 2.38. The number of benzene rings is 1. The molecule has 3 rings (SSSR count). The van der Waals surface area contributed by atoms with Crippen LogP contribution in [0.5, 0.6) is 0 Å². The minimum Gasteiger partial charge on any atom is -0.444 e. The predicted molar refractivity (Wildman–Crippen MR) is 97.5 cm³/mol. The molecule has 2 N–H and O–H groups in total. The van der Waals surface area contributed by atoms with Gasteiger partial charge in [0.15, 0.2) is 0 Å². The molecule has 1 aliphatic heterocycles. The second-order valence-electron chi connectivity index (χ2n) is 8.18. The van der Waals surface area contributed by atoms with E-state index in [9.17, 15) is 9.18 Å². The highest BCUT2D eigenvalue weighted by Crippen LogP contribution is 2.34. The zero-order chi connectivity index (χ0) is 18.2. The third-order valence-corrected chi connectivity index (χ3v) is 4.61. The number of halogens is 1. The summed E-state index contributed by atoms with van der Waals surface area (Å²) in [6.07, 6.45) is 3.02. The molecule has 2 atom stereocenters. The Morgan fingerprint density at radius 2 is 2.04 bits per heavy atom. The topological polar surface area (TPSA) is 53.6 Å². The zero-order valence-electron chi connectivity index (χ0n) is 15.4. The minimum absolute atomic E-state index is 0.129. The lowest BCUT2D eigenvalue weighted by atomic mass is 10.1. The van der Waals surface area contributed by atoms with Gasteiger partial charge in [0.05, 0.1) is 5.69 Å². The number of likely N-dealkylation sites (tertiary alicyclic amines) is 1. The Hall–Kier alpha value is -1.82. The van der Waals surface area contributed by atoms with Crippen molar-refractivity contribution >= 4 is 17.5 Å². The summed E-state index contributed by atoms with van der Waals surface area (Å²) in [5.74, 6) is -0.476. The molecule has 1 saturated carbocycles. The van der Waals surface area contributed by atoms with Gasteiger partial charge < -0.3 is 10.1 Å². The van der Waals surface area contributed by atoms with E-state index in [2.05, 4.69) is 22.5 Å². The molecule has 2 unspecified atom stereocenters. The Labute approximate surface area is 148 Å². The van der Waals surface area contributed by atoms with Crippen LogP contribution in [-0.4, -0.2) is 41.3 Å². The van der Waals surface area contributed by atoms with Crippen molar-refractivity contribution in [1.29, 1.82) is 0 Å². The summed E-state index contributed by atoms with van der Waals surface area (Å²) in [5.41, 5.74) is 0.314. The molecular formula is C19H28FN3O2. The first-order valence-corrected chi connectivity index (χ1v) is 9.03. The molecule has 0 spiro atoms. The van der Waals surface area contributed by atoms with Crippen molar-refractivity contribution in [2.24, 2.45) is 0 Å². The van der Waals surface area contributed by atoms with Gasteiger partial charge in [-0.2, -0.15) is 0 Å². The van der Waals surface area contributed by atoms with Gasteiger partial charge in [0.25, 0.3) is 0 Å². The van der Waals surface area contributed by atoms with E-state index in [-0.39, 0.29) is 5.69 Å². The Bertz CT molecular complexity index is 640. The molecule has 1 aromatic carbocycles. The summed E-state index contributed by atoms with van der Waals surface area (Å²) in [4.78, 5) is 14.4. The maximum atomic E-state index is 14.0. The van der Waals surface area contributed by atoms with Gasteiger partial charge in [0, 0.05) is 30.4 Å². The first kappa shape index (κ1) is 18.0. The molecule has 138 valence electrons. The number of ether oxygens (including phenoxy) is 1. The largest absolute Gasteiger partial charge is 0.444 e. The van der Waals surface area contributed by atoms with E-state index in [0.29, 0.717) is 12.1 Å². The average molecular weight is 349 g/mol. The fourth-order valence-corrected chi connectivity index (χ4v) is 3.44. The molecule has 25 heavy (non-hydrogen) atoms. The van der Waals surface area contributed by atoms with Crippen LogP contribution in [0.3, 0.4) is 0 Å². The van der Waals surface area contributed by atoms with Crippen LogP contribution in [0, 0.1) is 5.82 Å². The third-order valence-electron chi connectivity index (χ3n) is 4.61. The molecule has 5 nitrogen and oxygen atoms in total. The van der Waals surface area contributed by atoms with E-state index in [1.165, 1.54) is 18.9 Å². The Morgan fingerprint density at radius 1 is 1.32 bits per heavy atom. The number of hydrogen-bond donors (Lipinski definition) is 2. The SMILES string of the molecule is CC1CC(Nc2ccc(F)c(NC(=O)OC(C)(C)C)c2)CN1C1CC1. The number of hydrogen-bond acceptors (Lipinski definition) is 4.